The molecule has 18 heavy (non-hydrogen) atoms. The quantitative estimate of drug-likeness (QED) is 0.855. The van der Waals surface area contributed by atoms with Crippen LogP contribution in [0.2, 0.25) is 5.02 Å². The summed E-state index contributed by atoms with van der Waals surface area (Å²) in [4.78, 5) is 14.4. The number of halogens is 1. The molecule has 1 aromatic carbocycles. The highest BCUT2D eigenvalue weighted by atomic mass is 35.5. The first-order valence-electron chi connectivity index (χ1n) is 6.30. The van der Waals surface area contributed by atoms with Crippen molar-refractivity contribution >= 4 is 17.4 Å². The summed E-state index contributed by atoms with van der Waals surface area (Å²) in [5, 5.41) is 10.1. The fourth-order valence-electron chi connectivity index (χ4n) is 2.29. The number of hydrogen-bond donors (Lipinski definition) is 1. The van der Waals surface area contributed by atoms with Gasteiger partial charge in [0.05, 0.1) is 12.1 Å². The summed E-state index contributed by atoms with van der Waals surface area (Å²) in [6.07, 6.45) is 1.29. The van der Waals surface area contributed by atoms with Gasteiger partial charge in [0.15, 0.2) is 5.78 Å². The molecule has 0 radical (unpaired) electrons. The van der Waals surface area contributed by atoms with Crippen molar-refractivity contribution in [1.82, 2.24) is 4.90 Å². The van der Waals surface area contributed by atoms with Gasteiger partial charge in [-0.3, -0.25) is 9.69 Å². The zero-order valence-electron chi connectivity index (χ0n) is 10.5. The molecule has 2 rings (SSSR count). The van der Waals surface area contributed by atoms with E-state index in [0.29, 0.717) is 10.6 Å². The Labute approximate surface area is 112 Å². The lowest BCUT2D eigenvalue weighted by Gasteiger charge is -2.33. The lowest BCUT2D eigenvalue weighted by Crippen LogP contribution is -2.45. The number of carbonyl (C=O) groups is 1. The van der Waals surface area contributed by atoms with Gasteiger partial charge < -0.3 is 5.11 Å². The number of hydrogen-bond acceptors (Lipinski definition) is 3. The fourth-order valence-corrected chi connectivity index (χ4v) is 2.42. The number of aliphatic hydroxyl groups excluding tert-OH is 1. The van der Waals surface area contributed by atoms with Crippen molar-refractivity contribution in [3.8, 4) is 0 Å². The van der Waals surface area contributed by atoms with Crippen LogP contribution < -0.4 is 0 Å². The minimum Gasteiger partial charge on any atom is -0.393 e. The third-order valence-electron chi connectivity index (χ3n) is 3.55. The minimum absolute atomic E-state index is 0.114. The zero-order valence-corrected chi connectivity index (χ0v) is 11.2. The summed E-state index contributed by atoms with van der Waals surface area (Å²) in [5.74, 6) is 0.114. The zero-order chi connectivity index (χ0) is 13.1. The third kappa shape index (κ3) is 3.10. The van der Waals surface area contributed by atoms with Gasteiger partial charge in [-0.15, -0.1) is 0 Å². The predicted octanol–water partition coefficient (Wildman–Crippen LogP) is 2.37. The lowest BCUT2D eigenvalue weighted by molar-refractivity contribution is 0.0549. The molecular formula is C14H18ClNO2. The van der Waals surface area contributed by atoms with Crippen molar-refractivity contribution in [3.63, 3.8) is 0 Å². The molecule has 1 aromatic rings. The second kappa shape index (κ2) is 5.83. The molecule has 0 bridgehead atoms. The fraction of sp³-hybridized carbons (Fsp3) is 0.500. The van der Waals surface area contributed by atoms with Gasteiger partial charge in [-0.1, -0.05) is 11.6 Å². The van der Waals surface area contributed by atoms with Crippen LogP contribution in [-0.2, 0) is 0 Å². The summed E-state index contributed by atoms with van der Waals surface area (Å²) < 4.78 is 0. The van der Waals surface area contributed by atoms with Gasteiger partial charge in [-0.25, -0.2) is 0 Å². The first-order valence-corrected chi connectivity index (χ1v) is 6.67. The van der Waals surface area contributed by atoms with E-state index in [1.165, 1.54) is 0 Å². The highest BCUT2D eigenvalue weighted by Gasteiger charge is 2.26. The van der Waals surface area contributed by atoms with Crippen molar-refractivity contribution in [3.05, 3.63) is 34.9 Å². The number of rotatable bonds is 3. The van der Waals surface area contributed by atoms with Gasteiger partial charge in [-0.2, -0.15) is 0 Å². The highest BCUT2D eigenvalue weighted by molar-refractivity contribution is 6.30. The molecule has 4 heteroatoms. The first kappa shape index (κ1) is 13.5. The van der Waals surface area contributed by atoms with Crippen LogP contribution in [0.4, 0.5) is 0 Å². The Balaban J connectivity index is 2.02. The van der Waals surface area contributed by atoms with Crippen LogP contribution in [0.3, 0.4) is 0 Å². The van der Waals surface area contributed by atoms with E-state index in [-0.39, 0.29) is 17.9 Å². The van der Waals surface area contributed by atoms with Crippen molar-refractivity contribution in [1.29, 1.82) is 0 Å². The first-order chi connectivity index (χ1) is 8.58. The maximum atomic E-state index is 12.3. The molecule has 1 fully saturated rings. The highest BCUT2D eigenvalue weighted by Crippen LogP contribution is 2.17. The van der Waals surface area contributed by atoms with Gasteiger partial charge in [-0.05, 0) is 44.0 Å². The molecule has 0 aliphatic carbocycles. The Hall–Kier alpha value is -0.900. The maximum absolute atomic E-state index is 12.3. The summed E-state index contributed by atoms with van der Waals surface area (Å²) in [7, 11) is 0. The molecule has 0 amide bonds. The van der Waals surface area contributed by atoms with Crippen molar-refractivity contribution in [2.24, 2.45) is 0 Å². The number of benzene rings is 1. The predicted molar refractivity (Wildman–Crippen MR) is 72.1 cm³/mol. The molecule has 3 nitrogen and oxygen atoms in total. The molecular weight excluding hydrogens is 250 g/mol. The third-order valence-corrected chi connectivity index (χ3v) is 3.81. The van der Waals surface area contributed by atoms with E-state index < -0.39 is 0 Å². The Morgan fingerprint density at radius 3 is 2.44 bits per heavy atom. The van der Waals surface area contributed by atoms with Gasteiger partial charge in [0.2, 0.25) is 0 Å². The molecule has 1 saturated heterocycles. The van der Waals surface area contributed by atoms with Crippen molar-refractivity contribution in [2.45, 2.75) is 31.9 Å². The van der Waals surface area contributed by atoms with Gasteiger partial charge in [0.25, 0.3) is 0 Å². The van der Waals surface area contributed by atoms with E-state index in [1.54, 1.807) is 24.3 Å². The van der Waals surface area contributed by atoms with Crippen molar-refractivity contribution < 1.29 is 9.90 Å². The standard InChI is InChI=1S/C14H18ClNO2/c1-10(16-8-6-13(17)7-9-16)14(18)11-2-4-12(15)5-3-11/h2-5,10,13,17H,6-9H2,1H3. The summed E-state index contributed by atoms with van der Waals surface area (Å²) in [5.41, 5.74) is 0.693. The second-order valence-electron chi connectivity index (χ2n) is 4.81. The number of aliphatic hydroxyl groups is 1. The number of piperidine rings is 1. The molecule has 1 N–H and O–H groups in total. The second-order valence-corrected chi connectivity index (χ2v) is 5.25. The van der Waals surface area contributed by atoms with E-state index in [1.807, 2.05) is 6.92 Å². The van der Waals surface area contributed by atoms with Crippen LogP contribution in [0.25, 0.3) is 0 Å². The number of likely N-dealkylation sites (tertiary alicyclic amines) is 1. The molecule has 1 unspecified atom stereocenters. The number of nitrogens with zero attached hydrogens (tertiary/aromatic N) is 1. The molecule has 0 spiro atoms. The minimum atomic E-state index is -0.209. The summed E-state index contributed by atoms with van der Waals surface area (Å²) in [6, 6.07) is 6.86. The van der Waals surface area contributed by atoms with E-state index in [2.05, 4.69) is 4.90 Å². The molecule has 0 saturated carbocycles. The van der Waals surface area contributed by atoms with Gasteiger partial charge >= 0.3 is 0 Å². The molecule has 1 aliphatic rings. The largest absolute Gasteiger partial charge is 0.393 e. The number of carbonyl (C=O) groups excluding carboxylic acids is 1. The Morgan fingerprint density at radius 2 is 1.89 bits per heavy atom. The number of Topliss-reactive ketones (excluding diaryl/α,β-unsaturated/α-hetero) is 1. The number of ketones is 1. The molecule has 1 aliphatic heterocycles. The molecule has 98 valence electrons. The lowest BCUT2D eigenvalue weighted by atomic mass is 10.0. The van der Waals surface area contributed by atoms with Crippen LogP contribution in [0.1, 0.15) is 30.1 Å². The van der Waals surface area contributed by atoms with E-state index in [9.17, 15) is 9.90 Å². The van der Waals surface area contributed by atoms with Crippen molar-refractivity contribution in [2.75, 3.05) is 13.1 Å². The van der Waals surface area contributed by atoms with Crippen LogP contribution >= 0.6 is 11.6 Å². The van der Waals surface area contributed by atoms with Crippen LogP contribution in [0.15, 0.2) is 24.3 Å². The van der Waals surface area contributed by atoms with Gasteiger partial charge in [0.1, 0.15) is 0 Å². The molecule has 0 aromatic heterocycles. The summed E-state index contributed by atoms with van der Waals surface area (Å²) >= 11 is 5.81. The van der Waals surface area contributed by atoms with Crippen LogP contribution in [0.5, 0.6) is 0 Å². The molecule has 1 atom stereocenters. The Morgan fingerprint density at radius 1 is 1.33 bits per heavy atom. The monoisotopic (exact) mass is 267 g/mol. The normalized spacial score (nSPS) is 19.7. The van der Waals surface area contributed by atoms with E-state index in [4.69, 9.17) is 11.6 Å². The van der Waals surface area contributed by atoms with Gasteiger partial charge in [0, 0.05) is 23.7 Å². The maximum Gasteiger partial charge on any atom is 0.179 e. The van der Waals surface area contributed by atoms with E-state index in [0.717, 1.165) is 25.9 Å². The Kier molecular flexibility index (Phi) is 4.38. The SMILES string of the molecule is CC(C(=O)c1ccc(Cl)cc1)N1CCC(O)CC1. The Bertz CT molecular complexity index is 410. The van der Waals surface area contributed by atoms with Crippen LogP contribution in [-0.4, -0.2) is 41.0 Å². The average molecular weight is 268 g/mol. The topological polar surface area (TPSA) is 40.5 Å². The summed E-state index contributed by atoms with van der Waals surface area (Å²) in [6.45, 7) is 3.48. The van der Waals surface area contributed by atoms with E-state index >= 15 is 0 Å². The smallest absolute Gasteiger partial charge is 0.179 e. The average Bonchev–Trinajstić information content (AvgIpc) is 2.39. The van der Waals surface area contributed by atoms with Crippen LogP contribution in [0, 0.1) is 0 Å². The molecule has 1 heterocycles.